The number of nitrogens with one attached hydrogen (secondary N) is 1. The molecule has 0 atom stereocenters. The van der Waals surface area contributed by atoms with Gasteiger partial charge in [-0.2, -0.15) is 0 Å². The molecule has 4 rings (SSSR count). The van der Waals surface area contributed by atoms with Crippen molar-refractivity contribution < 1.29 is 18.0 Å². The van der Waals surface area contributed by atoms with Crippen LogP contribution in [0, 0.1) is 5.92 Å². The van der Waals surface area contributed by atoms with Crippen molar-refractivity contribution in [3.63, 3.8) is 0 Å². The number of sulfone groups is 1. The fourth-order valence-corrected chi connectivity index (χ4v) is 5.21. The number of amides is 2. The zero-order chi connectivity index (χ0) is 22.7. The highest BCUT2D eigenvalue weighted by molar-refractivity contribution is 7.91. The molecule has 0 aromatic heterocycles. The molecule has 166 valence electrons. The molecule has 0 bridgehead atoms. The Morgan fingerprint density at radius 1 is 0.938 bits per heavy atom. The van der Waals surface area contributed by atoms with Gasteiger partial charge in [0, 0.05) is 24.6 Å². The van der Waals surface area contributed by atoms with Crippen LogP contribution in [0.2, 0.25) is 0 Å². The molecule has 3 aromatic rings. The smallest absolute Gasteiger partial charge is 0.254 e. The van der Waals surface area contributed by atoms with Crippen molar-refractivity contribution in [2.45, 2.75) is 24.7 Å². The number of carbonyl (C=O) groups is 2. The zero-order valence-corrected chi connectivity index (χ0v) is 18.8. The zero-order valence-electron chi connectivity index (χ0n) is 18.0. The van der Waals surface area contributed by atoms with Crippen LogP contribution in [0.5, 0.6) is 0 Å². The monoisotopic (exact) mass is 450 g/mol. The van der Waals surface area contributed by atoms with Gasteiger partial charge in [-0.05, 0) is 41.8 Å². The molecular weight excluding hydrogens is 424 g/mol. The largest absolute Gasteiger partial charge is 0.339 e. The summed E-state index contributed by atoms with van der Waals surface area (Å²) in [5.41, 5.74) is 0.985. The van der Waals surface area contributed by atoms with Crippen molar-refractivity contribution in [1.29, 1.82) is 0 Å². The molecule has 2 amide bonds. The number of anilines is 1. The van der Waals surface area contributed by atoms with Crippen molar-refractivity contribution in [3.05, 3.63) is 72.3 Å². The number of carbonyl (C=O) groups excluding carboxylic acids is 2. The molecule has 0 radical (unpaired) electrons. The third kappa shape index (κ3) is 4.39. The highest BCUT2D eigenvalue weighted by atomic mass is 32.2. The van der Waals surface area contributed by atoms with Crippen LogP contribution >= 0.6 is 0 Å². The van der Waals surface area contributed by atoms with Crippen LogP contribution in [-0.4, -0.2) is 44.0 Å². The number of rotatable bonds is 5. The summed E-state index contributed by atoms with van der Waals surface area (Å²) < 4.78 is 24.7. The first-order valence-electron chi connectivity index (χ1n) is 10.8. The van der Waals surface area contributed by atoms with Crippen molar-refractivity contribution >= 4 is 38.1 Å². The van der Waals surface area contributed by atoms with E-state index < -0.39 is 9.84 Å². The van der Waals surface area contributed by atoms with E-state index in [1.807, 2.05) is 42.5 Å². The van der Waals surface area contributed by atoms with Gasteiger partial charge in [0.25, 0.3) is 5.91 Å². The van der Waals surface area contributed by atoms with Gasteiger partial charge in [-0.15, -0.1) is 0 Å². The molecule has 1 heterocycles. The number of fused-ring (bicyclic) bond motifs is 1. The van der Waals surface area contributed by atoms with E-state index in [4.69, 9.17) is 0 Å². The minimum Gasteiger partial charge on any atom is -0.339 e. The number of hydrogen-bond acceptors (Lipinski definition) is 4. The Balaban J connectivity index is 1.43. The number of piperidine rings is 1. The van der Waals surface area contributed by atoms with Gasteiger partial charge in [0.15, 0.2) is 9.84 Å². The van der Waals surface area contributed by atoms with Gasteiger partial charge in [-0.3, -0.25) is 9.59 Å². The normalized spacial score (nSPS) is 15.0. The minimum atomic E-state index is -3.44. The highest BCUT2D eigenvalue weighted by Crippen LogP contribution is 2.26. The predicted molar refractivity (Wildman–Crippen MR) is 125 cm³/mol. The number of benzene rings is 3. The SMILES string of the molecule is CCS(=O)(=O)c1ccccc1NC(=O)C1CCN(C(=O)c2cccc3ccccc23)CC1. The lowest BCUT2D eigenvalue weighted by Gasteiger charge is -2.31. The predicted octanol–water partition coefficient (Wildman–Crippen LogP) is 4.12. The lowest BCUT2D eigenvalue weighted by Crippen LogP contribution is -2.41. The van der Waals surface area contributed by atoms with E-state index >= 15 is 0 Å². The van der Waals surface area contributed by atoms with Crippen molar-refractivity contribution in [1.82, 2.24) is 4.90 Å². The number of likely N-dealkylation sites (tertiary alicyclic amines) is 1. The topological polar surface area (TPSA) is 83.6 Å². The van der Waals surface area contributed by atoms with Gasteiger partial charge in [-0.1, -0.05) is 55.5 Å². The van der Waals surface area contributed by atoms with Crippen LogP contribution in [-0.2, 0) is 14.6 Å². The summed E-state index contributed by atoms with van der Waals surface area (Å²) >= 11 is 0. The summed E-state index contributed by atoms with van der Waals surface area (Å²) in [5, 5.41) is 4.75. The Morgan fingerprint density at radius 3 is 2.34 bits per heavy atom. The molecule has 0 unspecified atom stereocenters. The molecule has 0 spiro atoms. The third-order valence-corrected chi connectivity index (χ3v) is 7.82. The maximum absolute atomic E-state index is 13.1. The summed E-state index contributed by atoms with van der Waals surface area (Å²) in [7, 11) is -3.44. The summed E-state index contributed by atoms with van der Waals surface area (Å²) in [6, 6.07) is 20.0. The van der Waals surface area contributed by atoms with E-state index in [1.165, 1.54) is 6.07 Å². The quantitative estimate of drug-likeness (QED) is 0.634. The van der Waals surface area contributed by atoms with E-state index in [1.54, 1.807) is 30.0 Å². The first-order chi connectivity index (χ1) is 15.4. The summed E-state index contributed by atoms with van der Waals surface area (Å²) in [6.07, 6.45) is 1.07. The summed E-state index contributed by atoms with van der Waals surface area (Å²) in [6.45, 7) is 2.54. The second-order valence-corrected chi connectivity index (χ2v) is 10.2. The maximum atomic E-state index is 13.1. The van der Waals surface area contributed by atoms with E-state index in [0.717, 1.165) is 10.8 Å². The molecule has 3 aromatic carbocycles. The van der Waals surface area contributed by atoms with Gasteiger partial charge < -0.3 is 10.2 Å². The van der Waals surface area contributed by atoms with Gasteiger partial charge in [0.2, 0.25) is 5.91 Å². The van der Waals surface area contributed by atoms with Crippen LogP contribution in [0.3, 0.4) is 0 Å². The van der Waals surface area contributed by atoms with Gasteiger partial charge in [-0.25, -0.2) is 8.42 Å². The third-order valence-electron chi connectivity index (χ3n) is 6.03. The van der Waals surface area contributed by atoms with E-state index in [9.17, 15) is 18.0 Å². The number of nitrogens with zero attached hydrogens (tertiary/aromatic N) is 1. The van der Waals surface area contributed by atoms with Crippen LogP contribution in [0.15, 0.2) is 71.6 Å². The molecule has 1 aliphatic heterocycles. The lowest BCUT2D eigenvalue weighted by molar-refractivity contribution is -0.121. The van der Waals surface area contributed by atoms with Crippen molar-refractivity contribution in [2.75, 3.05) is 24.2 Å². The van der Waals surface area contributed by atoms with Crippen LogP contribution in [0.4, 0.5) is 5.69 Å². The Hall–Kier alpha value is -3.19. The lowest BCUT2D eigenvalue weighted by atomic mass is 9.94. The standard InChI is InChI=1S/C25H26N2O4S/c1-2-32(30,31)23-13-6-5-12-22(23)26-24(28)19-14-16-27(17-15-19)25(29)21-11-7-9-18-8-3-4-10-20(18)21/h3-13,19H,2,14-17H2,1H3,(H,26,28). The van der Waals surface area contributed by atoms with E-state index in [-0.39, 0.29) is 28.4 Å². The molecule has 1 aliphatic rings. The first kappa shape index (κ1) is 22.0. The van der Waals surface area contributed by atoms with Gasteiger partial charge >= 0.3 is 0 Å². The Morgan fingerprint density at radius 2 is 1.59 bits per heavy atom. The molecule has 0 saturated carbocycles. The average molecular weight is 451 g/mol. The van der Waals surface area contributed by atoms with Crippen molar-refractivity contribution in [3.8, 4) is 0 Å². The van der Waals surface area contributed by atoms with Gasteiger partial charge in [0.05, 0.1) is 16.3 Å². The Labute approximate surface area is 188 Å². The second-order valence-electron chi connectivity index (χ2n) is 7.98. The number of para-hydroxylation sites is 1. The Kier molecular flexibility index (Phi) is 6.28. The molecule has 1 saturated heterocycles. The van der Waals surface area contributed by atoms with Crippen LogP contribution in [0.1, 0.15) is 30.1 Å². The second kappa shape index (κ2) is 9.12. The fourth-order valence-electron chi connectivity index (χ4n) is 4.16. The molecule has 1 fully saturated rings. The molecule has 7 heteroatoms. The summed E-state index contributed by atoms with van der Waals surface area (Å²) in [4.78, 5) is 27.9. The highest BCUT2D eigenvalue weighted by Gasteiger charge is 2.29. The summed E-state index contributed by atoms with van der Waals surface area (Å²) in [5.74, 6) is -0.542. The minimum absolute atomic E-state index is 0.0277. The van der Waals surface area contributed by atoms with E-state index in [2.05, 4.69) is 5.32 Å². The Bertz CT molecular complexity index is 1260. The van der Waals surface area contributed by atoms with Crippen LogP contribution < -0.4 is 5.32 Å². The fraction of sp³-hybridized carbons (Fsp3) is 0.280. The first-order valence-corrected chi connectivity index (χ1v) is 12.5. The average Bonchev–Trinajstić information content (AvgIpc) is 2.83. The maximum Gasteiger partial charge on any atom is 0.254 e. The molecule has 32 heavy (non-hydrogen) atoms. The molecule has 6 nitrogen and oxygen atoms in total. The van der Waals surface area contributed by atoms with E-state index in [0.29, 0.717) is 37.2 Å². The van der Waals surface area contributed by atoms with Crippen LogP contribution in [0.25, 0.3) is 10.8 Å². The molecule has 0 aliphatic carbocycles. The van der Waals surface area contributed by atoms with Gasteiger partial charge in [0.1, 0.15) is 0 Å². The van der Waals surface area contributed by atoms with Crippen molar-refractivity contribution in [2.24, 2.45) is 5.92 Å². The number of hydrogen-bond donors (Lipinski definition) is 1. The molecular formula is C25H26N2O4S. The molecule has 1 N–H and O–H groups in total.